The zero-order valence-electron chi connectivity index (χ0n) is 13.2. The van der Waals surface area contributed by atoms with E-state index in [9.17, 15) is 9.59 Å². The second-order valence-electron chi connectivity index (χ2n) is 5.43. The highest BCUT2D eigenvalue weighted by Crippen LogP contribution is 2.26. The summed E-state index contributed by atoms with van der Waals surface area (Å²) in [6, 6.07) is -0.324. The highest BCUT2D eigenvalue weighted by Gasteiger charge is 2.48. The monoisotopic (exact) mass is 284 g/mol. The van der Waals surface area contributed by atoms with Crippen LogP contribution in [-0.4, -0.2) is 48.6 Å². The first-order chi connectivity index (χ1) is 9.56. The van der Waals surface area contributed by atoms with E-state index < -0.39 is 5.54 Å². The number of carbonyl (C=O) groups excluding carboxylic acids is 2. The Labute approximate surface area is 122 Å². The average Bonchev–Trinajstić information content (AvgIpc) is 2.46. The van der Waals surface area contributed by atoms with Gasteiger partial charge in [-0.2, -0.15) is 0 Å². The minimum atomic E-state index is -0.714. The molecule has 1 N–H and O–H groups in total. The quantitative estimate of drug-likeness (QED) is 0.690. The Morgan fingerprint density at radius 1 is 1.25 bits per heavy atom. The van der Waals surface area contributed by atoms with Gasteiger partial charge in [-0.1, -0.05) is 27.2 Å². The van der Waals surface area contributed by atoms with Gasteiger partial charge in [0.05, 0.1) is 0 Å². The fourth-order valence-electron chi connectivity index (χ4n) is 2.86. The molecule has 1 atom stereocenters. The maximum absolute atomic E-state index is 12.8. The van der Waals surface area contributed by atoms with Crippen molar-refractivity contribution in [3.63, 3.8) is 0 Å². The summed E-state index contributed by atoms with van der Waals surface area (Å²) in [7, 11) is 1.65. The van der Waals surface area contributed by atoms with E-state index in [1.165, 1.54) is 0 Å². The molecule has 0 aliphatic carbocycles. The van der Waals surface area contributed by atoms with Gasteiger partial charge in [0.2, 0.25) is 11.8 Å². The number of hydrogen-bond acceptors (Lipinski definition) is 3. The SMILES string of the molecule is CCCC1C(=O)NC(CC)(CC)C(=O)N1CCCOC. The number of rotatable bonds is 8. The first-order valence-electron chi connectivity index (χ1n) is 7.68. The molecular formula is C15H28N2O3. The van der Waals surface area contributed by atoms with Crippen molar-refractivity contribution in [2.45, 2.75) is 64.5 Å². The number of methoxy groups -OCH3 is 1. The van der Waals surface area contributed by atoms with Crippen LogP contribution < -0.4 is 5.32 Å². The number of piperazine rings is 1. The third-order valence-electron chi connectivity index (χ3n) is 4.23. The van der Waals surface area contributed by atoms with Crippen molar-refractivity contribution in [1.82, 2.24) is 10.2 Å². The Kier molecular flexibility index (Phi) is 6.46. The molecule has 1 unspecified atom stereocenters. The van der Waals surface area contributed by atoms with Crippen molar-refractivity contribution in [2.24, 2.45) is 0 Å². The Bertz CT molecular complexity index is 340. The molecule has 0 spiro atoms. The van der Waals surface area contributed by atoms with E-state index in [4.69, 9.17) is 4.74 Å². The minimum Gasteiger partial charge on any atom is -0.385 e. The van der Waals surface area contributed by atoms with Crippen molar-refractivity contribution >= 4 is 11.8 Å². The summed E-state index contributed by atoms with van der Waals surface area (Å²) in [5.41, 5.74) is -0.714. The summed E-state index contributed by atoms with van der Waals surface area (Å²) in [6.07, 6.45) is 3.63. The fraction of sp³-hybridized carbons (Fsp3) is 0.867. The Balaban J connectivity index is 2.94. The van der Waals surface area contributed by atoms with Gasteiger partial charge in [0.15, 0.2) is 0 Å². The van der Waals surface area contributed by atoms with E-state index in [1.54, 1.807) is 12.0 Å². The molecule has 5 nitrogen and oxygen atoms in total. The number of ether oxygens (including phenoxy) is 1. The number of amides is 2. The molecule has 1 aliphatic heterocycles. The predicted molar refractivity (Wildman–Crippen MR) is 78.4 cm³/mol. The molecule has 0 radical (unpaired) electrons. The zero-order valence-corrected chi connectivity index (χ0v) is 13.2. The zero-order chi connectivity index (χ0) is 15.2. The average molecular weight is 284 g/mol. The molecule has 20 heavy (non-hydrogen) atoms. The van der Waals surface area contributed by atoms with Crippen LogP contribution in [0.1, 0.15) is 52.9 Å². The van der Waals surface area contributed by atoms with E-state index in [0.29, 0.717) is 32.4 Å². The number of nitrogens with zero attached hydrogens (tertiary/aromatic N) is 1. The van der Waals surface area contributed by atoms with Gasteiger partial charge in [-0.15, -0.1) is 0 Å². The molecule has 1 rings (SSSR count). The third kappa shape index (κ3) is 3.32. The van der Waals surface area contributed by atoms with Crippen molar-refractivity contribution in [3.05, 3.63) is 0 Å². The molecule has 0 saturated carbocycles. The molecule has 1 aliphatic rings. The van der Waals surface area contributed by atoms with Crippen LogP contribution >= 0.6 is 0 Å². The van der Waals surface area contributed by atoms with Crippen molar-refractivity contribution < 1.29 is 14.3 Å². The molecule has 0 aromatic carbocycles. The second kappa shape index (κ2) is 7.62. The summed E-state index contributed by atoms with van der Waals surface area (Å²) in [4.78, 5) is 26.9. The van der Waals surface area contributed by atoms with E-state index in [0.717, 1.165) is 12.8 Å². The summed E-state index contributed by atoms with van der Waals surface area (Å²) in [5, 5.41) is 2.97. The van der Waals surface area contributed by atoms with Gasteiger partial charge in [-0.25, -0.2) is 0 Å². The van der Waals surface area contributed by atoms with E-state index in [1.807, 2.05) is 20.8 Å². The molecule has 1 fully saturated rings. The first-order valence-corrected chi connectivity index (χ1v) is 7.68. The molecule has 0 bridgehead atoms. The number of hydrogen-bond donors (Lipinski definition) is 1. The summed E-state index contributed by atoms with van der Waals surface area (Å²) < 4.78 is 5.06. The Morgan fingerprint density at radius 3 is 2.40 bits per heavy atom. The lowest BCUT2D eigenvalue weighted by molar-refractivity contribution is -0.156. The van der Waals surface area contributed by atoms with Crippen LogP contribution in [0.4, 0.5) is 0 Å². The Hall–Kier alpha value is -1.10. The van der Waals surface area contributed by atoms with Crippen LogP contribution in [0.3, 0.4) is 0 Å². The molecule has 2 amide bonds. The minimum absolute atomic E-state index is 0.00688. The van der Waals surface area contributed by atoms with Gasteiger partial charge in [0.1, 0.15) is 11.6 Å². The molecule has 1 heterocycles. The molecule has 5 heteroatoms. The first kappa shape index (κ1) is 17.0. The third-order valence-corrected chi connectivity index (χ3v) is 4.23. The topological polar surface area (TPSA) is 58.6 Å². The van der Waals surface area contributed by atoms with Gasteiger partial charge in [0.25, 0.3) is 0 Å². The van der Waals surface area contributed by atoms with Crippen LogP contribution in [0.2, 0.25) is 0 Å². The smallest absolute Gasteiger partial charge is 0.248 e. The second-order valence-corrected chi connectivity index (χ2v) is 5.43. The van der Waals surface area contributed by atoms with E-state index >= 15 is 0 Å². The van der Waals surface area contributed by atoms with E-state index in [2.05, 4.69) is 5.32 Å². The maximum atomic E-state index is 12.8. The van der Waals surface area contributed by atoms with Crippen molar-refractivity contribution in [2.75, 3.05) is 20.3 Å². The molecular weight excluding hydrogens is 256 g/mol. The van der Waals surface area contributed by atoms with Gasteiger partial charge in [0, 0.05) is 20.3 Å². The standard InChI is InChI=1S/C15H28N2O3/c1-5-9-12-13(18)16-15(6-2,7-3)14(19)17(12)10-8-11-20-4/h12H,5-11H2,1-4H3,(H,16,18). The van der Waals surface area contributed by atoms with Crippen molar-refractivity contribution in [1.29, 1.82) is 0 Å². The van der Waals surface area contributed by atoms with Crippen LogP contribution in [0.15, 0.2) is 0 Å². The highest BCUT2D eigenvalue weighted by molar-refractivity contribution is 5.99. The molecule has 0 aromatic heterocycles. The molecule has 0 aromatic rings. The van der Waals surface area contributed by atoms with Crippen LogP contribution in [0.5, 0.6) is 0 Å². The summed E-state index contributed by atoms with van der Waals surface area (Å²) in [5.74, 6) is 0.0595. The summed E-state index contributed by atoms with van der Waals surface area (Å²) in [6.45, 7) is 7.14. The van der Waals surface area contributed by atoms with Crippen LogP contribution in [0.25, 0.3) is 0 Å². The fourth-order valence-corrected chi connectivity index (χ4v) is 2.86. The molecule has 116 valence electrons. The maximum Gasteiger partial charge on any atom is 0.248 e. The predicted octanol–water partition coefficient (Wildman–Crippen LogP) is 1.71. The molecule has 1 saturated heterocycles. The van der Waals surface area contributed by atoms with Crippen LogP contribution in [0, 0.1) is 0 Å². The van der Waals surface area contributed by atoms with Gasteiger partial charge >= 0.3 is 0 Å². The Morgan fingerprint density at radius 2 is 1.90 bits per heavy atom. The van der Waals surface area contributed by atoms with Gasteiger partial charge in [-0.05, 0) is 25.7 Å². The normalized spacial score (nSPS) is 22.0. The lowest BCUT2D eigenvalue weighted by Gasteiger charge is -2.45. The summed E-state index contributed by atoms with van der Waals surface area (Å²) >= 11 is 0. The lowest BCUT2D eigenvalue weighted by Crippen LogP contribution is -2.70. The van der Waals surface area contributed by atoms with E-state index in [-0.39, 0.29) is 17.9 Å². The highest BCUT2D eigenvalue weighted by atomic mass is 16.5. The van der Waals surface area contributed by atoms with Crippen LogP contribution in [-0.2, 0) is 14.3 Å². The lowest BCUT2D eigenvalue weighted by atomic mass is 9.86. The van der Waals surface area contributed by atoms with Gasteiger partial charge < -0.3 is 15.0 Å². The largest absolute Gasteiger partial charge is 0.385 e. The number of nitrogens with one attached hydrogen (secondary N) is 1. The van der Waals surface area contributed by atoms with Crippen molar-refractivity contribution in [3.8, 4) is 0 Å². The van der Waals surface area contributed by atoms with Gasteiger partial charge in [-0.3, -0.25) is 9.59 Å². The number of carbonyl (C=O) groups is 2.